The summed E-state index contributed by atoms with van der Waals surface area (Å²) in [5.74, 6) is 1.89. The van der Waals surface area contributed by atoms with E-state index in [2.05, 4.69) is 164 Å². The minimum atomic E-state index is 0.624. The van der Waals surface area contributed by atoms with Gasteiger partial charge in [0, 0.05) is 38.4 Å². The van der Waals surface area contributed by atoms with Gasteiger partial charge in [-0.1, -0.05) is 182 Å². The zero-order valence-corrected chi connectivity index (χ0v) is 30.4. The predicted molar refractivity (Wildman–Crippen MR) is 231 cm³/mol. The summed E-state index contributed by atoms with van der Waals surface area (Å²) < 4.78 is 0. The van der Waals surface area contributed by atoms with Gasteiger partial charge in [-0.15, -0.1) is 0 Å². The zero-order valence-electron chi connectivity index (χ0n) is 30.4. The molecule has 0 aliphatic carbocycles. The molecular weight excluding hydrogens is 681 g/mol. The van der Waals surface area contributed by atoms with Crippen LogP contribution in [0, 0.1) is 0 Å². The average Bonchev–Trinajstić information content (AvgIpc) is 3.29. The Hall–Kier alpha value is -7.56. The lowest BCUT2D eigenvalue weighted by Crippen LogP contribution is -2.00. The molecule has 0 unspecified atom stereocenters. The number of aromatic nitrogens is 4. The molecule has 8 aromatic carbocycles. The number of hydrogen-bond donors (Lipinski definition) is 0. The van der Waals surface area contributed by atoms with Crippen LogP contribution < -0.4 is 0 Å². The smallest absolute Gasteiger partial charge is 0.164 e. The molecule has 262 valence electrons. The van der Waals surface area contributed by atoms with E-state index in [1.54, 1.807) is 0 Å². The summed E-state index contributed by atoms with van der Waals surface area (Å²) >= 11 is 0. The maximum Gasteiger partial charge on any atom is 0.164 e. The Balaban J connectivity index is 1.08. The minimum Gasteiger partial charge on any atom is -0.247 e. The summed E-state index contributed by atoms with van der Waals surface area (Å²) in [6, 6.07) is 71.7. The Kier molecular flexibility index (Phi) is 8.47. The largest absolute Gasteiger partial charge is 0.247 e. The van der Waals surface area contributed by atoms with Crippen molar-refractivity contribution in [3.8, 4) is 78.8 Å². The summed E-state index contributed by atoms with van der Waals surface area (Å²) in [7, 11) is 0. The third-order valence-electron chi connectivity index (χ3n) is 10.3. The van der Waals surface area contributed by atoms with Crippen molar-refractivity contribution in [2.24, 2.45) is 0 Å². The second kappa shape index (κ2) is 14.3. The molecule has 0 aliphatic rings. The third kappa shape index (κ3) is 6.29. The van der Waals surface area contributed by atoms with Crippen molar-refractivity contribution in [1.29, 1.82) is 0 Å². The van der Waals surface area contributed by atoms with Crippen LogP contribution in [0.2, 0.25) is 0 Å². The van der Waals surface area contributed by atoms with Crippen LogP contribution in [-0.2, 0) is 0 Å². The van der Waals surface area contributed by atoms with E-state index in [1.165, 1.54) is 10.9 Å². The molecule has 0 saturated heterocycles. The van der Waals surface area contributed by atoms with Crippen LogP contribution in [0.15, 0.2) is 206 Å². The van der Waals surface area contributed by atoms with E-state index in [-0.39, 0.29) is 0 Å². The molecule has 10 aromatic rings. The van der Waals surface area contributed by atoms with Gasteiger partial charge in [0.25, 0.3) is 0 Å². The second-order valence-corrected chi connectivity index (χ2v) is 13.9. The molecule has 56 heavy (non-hydrogen) atoms. The van der Waals surface area contributed by atoms with Crippen LogP contribution in [0.3, 0.4) is 0 Å². The number of fused-ring (bicyclic) bond motifs is 3. The lowest BCUT2D eigenvalue weighted by molar-refractivity contribution is 1.07. The first kappa shape index (κ1) is 33.0. The molecule has 10 rings (SSSR count). The van der Waals surface area contributed by atoms with E-state index in [9.17, 15) is 0 Å². The van der Waals surface area contributed by atoms with E-state index in [1.807, 2.05) is 42.5 Å². The van der Waals surface area contributed by atoms with Gasteiger partial charge in [0.2, 0.25) is 0 Å². The standard InChI is InChI=1S/C52H34N4/c1-4-16-35(17-5-1)38-22-13-26-42(33-38)51-54-50(37-20-8-3-9-21-37)55-52(56-51)43-27-14-24-40(34-43)39-23-12-25-41(32-39)44-29-15-30-46-48(44)45-28-10-11-31-47(45)53-49(46)36-18-6-2-7-19-36/h1-34H. The van der Waals surface area contributed by atoms with Crippen LogP contribution in [0.25, 0.3) is 100 Å². The molecule has 0 spiro atoms. The number of para-hydroxylation sites is 1. The molecule has 4 heteroatoms. The molecule has 0 bridgehead atoms. The summed E-state index contributed by atoms with van der Waals surface area (Å²) in [6.07, 6.45) is 0. The summed E-state index contributed by atoms with van der Waals surface area (Å²) in [4.78, 5) is 20.3. The van der Waals surface area contributed by atoms with Crippen molar-refractivity contribution in [2.75, 3.05) is 0 Å². The fourth-order valence-electron chi connectivity index (χ4n) is 7.58. The molecule has 0 radical (unpaired) electrons. The van der Waals surface area contributed by atoms with E-state index in [0.717, 1.165) is 72.1 Å². The highest BCUT2D eigenvalue weighted by Gasteiger charge is 2.16. The number of rotatable bonds is 7. The van der Waals surface area contributed by atoms with E-state index in [0.29, 0.717) is 17.5 Å². The Morgan fingerprint density at radius 3 is 1.29 bits per heavy atom. The molecular formula is C52H34N4. The van der Waals surface area contributed by atoms with Gasteiger partial charge < -0.3 is 0 Å². The first-order valence-corrected chi connectivity index (χ1v) is 18.8. The molecule has 0 aliphatic heterocycles. The van der Waals surface area contributed by atoms with Gasteiger partial charge in [-0.2, -0.15) is 0 Å². The van der Waals surface area contributed by atoms with Crippen molar-refractivity contribution in [3.05, 3.63) is 206 Å². The zero-order chi connectivity index (χ0) is 37.3. The first-order valence-electron chi connectivity index (χ1n) is 18.8. The van der Waals surface area contributed by atoms with Crippen LogP contribution in [-0.4, -0.2) is 19.9 Å². The molecule has 2 heterocycles. The van der Waals surface area contributed by atoms with Gasteiger partial charge in [-0.05, 0) is 57.6 Å². The number of benzene rings is 8. The Labute approximate surface area is 325 Å². The van der Waals surface area contributed by atoms with E-state index in [4.69, 9.17) is 19.9 Å². The van der Waals surface area contributed by atoms with Crippen molar-refractivity contribution in [3.63, 3.8) is 0 Å². The SMILES string of the molecule is c1ccc(-c2cccc(-c3nc(-c4ccccc4)nc(-c4cccc(-c5cccc(-c6cccc7c(-c8ccccc8)nc8ccccc8c67)c5)c4)n3)c2)cc1. The van der Waals surface area contributed by atoms with Crippen molar-refractivity contribution in [2.45, 2.75) is 0 Å². The second-order valence-electron chi connectivity index (χ2n) is 13.9. The molecule has 4 nitrogen and oxygen atoms in total. The van der Waals surface area contributed by atoms with Crippen molar-refractivity contribution < 1.29 is 0 Å². The van der Waals surface area contributed by atoms with Crippen LogP contribution >= 0.6 is 0 Å². The molecule has 0 atom stereocenters. The quantitative estimate of drug-likeness (QED) is 0.154. The van der Waals surface area contributed by atoms with Crippen LogP contribution in [0.1, 0.15) is 0 Å². The Bertz CT molecular complexity index is 3010. The van der Waals surface area contributed by atoms with Crippen molar-refractivity contribution >= 4 is 21.7 Å². The lowest BCUT2D eigenvalue weighted by atomic mass is 9.91. The molecule has 0 fully saturated rings. The van der Waals surface area contributed by atoms with Crippen molar-refractivity contribution in [1.82, 2.24) is 19.9 Å². The maximum absolute atomic E-state index is 5.16. The number of nitrogens with zero attached hydrogens (tertiary/aromatic N) is 4. The summed E-state index contributed by atoms with van der Waals surface area (Å²) in [5, 5.41) is 3.47. The van der Waals surface area contributed by atoms with Gasteiger partial charge in [0.1, 0.15) is 0 Å². The number of pyridine rings is 1. The summed E-state index contributed by atoms with van der Waals surface area (Å²) in [5.41, 5.74) is 12.6. The number of hydrogen-bond acceptors (Lipinski definition) is 4. The summed E-state index contributed by atoms with van der Waals surface area (Å²) in [6.45, 7) is 0. The van der Waals surface area contributed by atoms with Crippen LogP contribution in [0.5, 0.6) is 0 Å². The van der Waals surface area contributed by atoms with Crippen LogP contribution in [0.4, 0.5) is 0 Å². The molecule has 2 aromatic heterocycles. The fourth-order valence-corrected chi connectivity index (χ4v) is 7.58. The van der Waals surface area contributed by atoms with E-state index < -0.39 is 0 Å². The Morgan fingerprint density at radius 2 is 0.661 bits per heavy atom. The monoisotopic (exact) mass is 714 g/mol. The van der Waals surface area contributed by atoms with E-state index >= 15 is 0 Å². The lowest BCUT2D eigenvalue weighted by Gasteiger charge is -2.15. The highest BCUT2D eigenvalue weighted by Crippen LogP contribution is 2.40. The van der Waals surface area contributed by atoms with Gasteiger partial charge >= 0.3 is 0 Å². The fraction of sp³-hybridized carbons (Fsp3) is 0. The van der Waals surface area contributed by atoms with Gasteiger partial charge in [-0.3, -0.25) is 0 Å². The highest BCUT2D eigenvalue weighted by atomic mass is 15.0. The third-order valence-corrected chi connectivity index (χ3v) is 10.3. The molecule has 0 saturated carbocycles. The first-order chi connectivity index (χ1) is 27.7. The minimum absolute atomic E-state index is 0.624. The highest BCUT2D eigenvalue weighted by molar-refractivity contribution is 6.17. The topological polar surface area (TPSA) is 51.6 Å². The van der Waals surface area contributed by atoms with Gasteiger partial charge in [-0.25, -0.2) is 19.9 Å². The Morgan fingerprint density at radius 1 is 0.250 bits per heavy atom. The molecule has 0 amide bonds. The van der Waals surface area contributed by atoms with Gasteiger partial charge in [0.15, 0.2) is 17.5 Å². The predicted octanol–water partition coefficient (Wildman–Crippen LogP) is 13.2. The maximum atomic E-state index is 5.16. The normalized spacial score (nSPS) is 11.2. The molecule has 0 N–H and O–H groups in total. The van der Waals surface area contributed by atoms with Gasteiger partial charge in [0.05, 0.1) is 11.2 Å². The average molecular weight is 715 g/mol.